The molecule has 2 amide bonds. The molecule has 0 spiro atoms. The number of hydrogen-bond acceptors (Lipinski definition) is 7. The number of urea groups is 1. The smallest absolute Gasteiger partial charge is 0.383 e. The molecule has 0 aliphatic rings. The highest BCUT2D eigenvalue weighted by Gasteiger charge is 2.31. The highest BCUT2D eigenvalue weighted by Crippen LogP contribution is 2.36. The number of carbonyl (C=O) groups is 1. The summed E-state index contributed by atoms with van der Waals surface area (Å²) >= 11 is 0. The molecule has 2 aromatic carbocycles. The standard InChI is InChI=1S/C26H27F4N7O3/c1-39-10-9-32-12-21-18(13-40-2)22(23-24(31)33-14-34-37(21)23)15-3-6-17(7-4-15)35-25(38)36-20-11-16(26(28,29)30)5-8-19(20)27/h3-8,11,14,32H,9-10,12-13H2,1-2H3,(H2,31,33,34)(H2,35,36,38). The summed E-state index contributed by atoms with van der Waals surface area (Å²) < 4.78 is 65.2. The molecular formula is C26H27F4N7O3. The Balaban J connectivity index is 1.60. The first-order valence-electron chi connectivity index (χ1n) is 12.0. The van der Waals surface area contributed by atoms with Gasteiger partial charge in [0.25, 0.3) is 0 Å². The van der Waals surface area contributed by atoms with Crippen LogP contribution >= 0.6 is 0 Å². The van der Waals surface area contributed by atoms with Gasteiger partial charge in [-0.2, -0.15) is 18.3 Å². The van der Waals surface area contributed by atoms with Crippen LogP contribution in [0, 0.1) is 5.82 Å². The van der Waals surface area contributed by atoms with Crippen LogP contribution in [-0.4, -0.2) is 48.0 Å². The van der Waals surface area contributed by atoms with Crippen LogP contribution in [0.2, 0.25) is 0 Å². The van der Waals surface area contributed by atoms with Gasteiger partial charge in [-0.15, -0.1) is 0 Å². The van der Waals surface area contributed by atoms with Crippen molar-refractivity contribution in [3.05, 3.63) is 71.4 Å². The molecule has 0 bridgehead atoms. The van der Waals surface area contributed by atoms with Crippen LogP contribution < -0.4 is 21.7 Å². The maximum Gasteiger partial charge on any atom is 0.416 e. The molecule has 40 heavy (non-hydrogen) atoms. The molecular weight excluding hydrogens is 534 g/mol. The van der Waals surface area contributed by atoms with Crippen LogP contribution in [0.1, 0.15) is 16.8 Å². The maximum absolute atomic E-state index is 14.0. The number of nitrogen functional groups attached to an aromatic ring is 1. The van der Waals surface area contributed by atoms with E-state index in [1.54, 1.807) is 43.0 Å². The van der Waals surface area contributed by atoms with Gasteiger partial charge in [-0.3, -0.25) is 0 Å². The number of carbonyl (C=O) groups excluding carboxylic acids is 1. The van der Waals surface area contributed by atoms with Crippen molar-refractivity contribution in [3.63, 3.8) is 0 Å². The molecule has 0 aliphatic heterocycles. The number of ether oxygens (including phenoxy) is 2. The number of anilines is 3. The normalized spacial score (nSPS) is 11.7. The van der Waals surface area contributed by atoms with E-state index in [-0.39, 0.29) is 12.4 Å². The summed E-state index contributed by atoms with van der Waals surface area (Å²) in [5.41, 5.74) is 8.58. The second-order valence-corrected chi connectivity index (χ2v) is 8.66. The van der Waals surface area contributed by atoms with Gasteiger partial charge in [-0.1, -0.05) is 12.1 Å². The number of rotatable bonds is 10. The molecule has 0 unspecified atom stereocenters. The number of fused-ring (bicyclic) bond motifs is 1. The highest BCUT2D eigenvalue weighted by atomic mass is 19.4. The van der Waals surface area contributed by atoms with Crippen LogP contribution in [0.15, 0.2) is 48.8 Å². The molecule has 14 heteroatoms. The quantitative estimate of drug-likeness (QED) is 0.164. The number of hydrogen-bond donors (Lipinski definition) is 4. The lowest BCUT2D eigenvalue weighted by Gasteiger charge is -2.12. The van der Waals surface area contributed by atoms with Crippen molar-refractivity contribution in [2.45, 2.75) is 19.3 Å². The van der Waals surface area contributed by atoms with E-state index in [2.05, 4.69) is 26.0 Å². The lowest BCUT2D eigenvalue weighted by atomic mass is 10.0. The number of nitrogens with two attached hydrogens (primary N) is 1. The molecule has 0 saturated heterocycles. The molecule has 2 aromatic heterocycles. The summed E-state index contributed by atoms with van der Waals surface area (Å²) in [6, 6.07) is 7.49. The minimum absolute atomic E-state index is 0.254. The van der Waals surface area contributed by atoms with E-state index in [0.717, 1.165) is 22.4 Å². The third-order valence-corrected chi connectivity index (χ3v) is 6.00. The summed E-state index contributed by atoms with van der Waals surface area (Å²) in [6.07, 6.45) is -3.32. The molecule has 0 aliphatic carbocycles. The molecule has 0 radical (unpaired) electrons. The fourth-order valence-electron chi connectivity index (χ4n) is 4.20. The molecule has 2 heterocycles. The van der Waals surface area contributed by atoms with Crippen LogP contribution in [-0.2, 0) is 28.8 Å². The number of aromatic nitrogens is 3. The summed E-state index contributed by atoms with van der Waals surface area (Å²) in [6.45, 7) is 1.84. The first-order chi connectivity index (χ1) is 19.1. The molecule has 0 atom stereocenters. The van der Waals surface area contributed by atoms with Crippen molar-refractivity contribution >= 4 is 28.7 Å². The Morgan fingerprint density at radius 3 is 2.50 bits per heavy atom. The number of nitrogens with zero attached hydrogens (tertiary/aromatic N) is 3. The Bertz CT molecular complexity index is 1490. The minimum Gasteiger partial charge on any atom is -0.383 e. The lowest BCUT2D eigenvalue weighted by Crippen LogP contribution is -2.21. The zero-order valence-corrected chi connectivity index (χ0v) is 21.6. The first kappa shape index (κ1) is 28.7. The van der Waals surface area contributed by atoms with Crippen molar-refractivity contribution in [1.82, 2.24) is 19.9 Å². The number of alkyl halides is 3. The maximum atomic E-state index is 14.0. The lowest BCUT2D eigenvalue weighted by molar-refractivity contribution is -0.137. The average molecular weight is 562 g/mol. The van der Waals surface area contributed by atoms with E-state index in [1.165, 1.54) is 6.33 Å². The largest absolute Gasteiger partial charge is 0.416 e. The van der Waals surface area contributed by atoms with Crippen LogP contribution in [0.4, 0.5) is 39.5 Å². The molecule has 4 aromatic rings. The number of methoxy groups -OCH3 is 2. The Labute approximate surface area is 226 Å². The summed E-state index contributed by atoms with van der Waals surface area (Å²) in [5.74, 6) is -0.743. The van der Waals surface area contributed by atoms with Crippen molar-refractivity contribution in [2.24, 2.45) is 0 Å². The van der Waals surface area contributed by atoms with Gasteiger partial charge in [0.15, 0.2) is 5.82 Å². The fourth-order valence-corrected chi connectivity index (χ4v) is 4.20. The van der Waals surface area contributed by atoms with Gasteiger partial charge in [0.05, 0.1) is 30.2 Å². The van der Waals surface area contributed by atoms with E-state index < -0.39 is 29.3 Å². The number of amides is 2. The van der Waals surface area contributed by atoms with Gasteiger partial charge in [-0.05, 0) is 35.9 Å². The van der Waals surface area contributed by atoms with E-state index in [1.807, 2.05) is 0 Å². The van der Waals surface area contributed by atoms with Gasteiger partial charge in [0.1, 0.15) is 17.7 Å². The molecule has 0 fully saturated rings. The van der Waals surface area contributed by atoms with Crippen LogP contribution in [0.25, 0.3) is 16.6 Å². The summed E-state index contributed by atoms with van der Waals surface area (Å²) in [4.78, 5) is 16.6. The molecule has 10 nitrogen and oxygen atoms in total. The molecule has 5 N–H and O–H groups in total. The van der Waals surface area contributed by atoms with Gasteiger partial charge in [0, 0.05) is 44.1 Å². The van der Waals surface area contributed by atoms with Gasteiger partial charge in [0.2, 0.25) is 0 Å². The Morgan fingerprint density at radius 2 is 1.82 bits per heavy atom. The number of halogens is 4. The zero-order valence-electron chi connectivity index (χ0n) is 21.6. The Hall–Kier alpha value is -4.27. The third kappa shape index (κ3) is 6.30. The van der Waals surface area contributed by atoms with Crippen molar-refractivity contribution in [3.8, 4) is 11.1 Å². The van der Waals surface area contributed by atoms with E-state index in [0.29, 0.717) is 49.1 Å². The topological polar surface area (TPSA) is 128 Å². The fraction of sp³-hybridized carbons (Fsp3) is 0.269. The van der Waals surface area contributed by atoms with Gasteiger partial charge < -0.3 is 31.2 Å². The van der Waals surface area contributed by atoms with Crippen molar-refractivity contribution < 1.29 is 31.8 Å². The van der Waals surface area contributed by atoms with Crippen LogP contribution in [0.3, 0.4) is 0 Å². The second-order valence-electron chi connectivity index (χ2n) is 8.66. The molecule has 0 saturated carbocycles. The van der Waals surface area contributed by atoms with Crippen molar-refractivity contribution in [2.75, 3.05) is 43.7 Å². The predicted molar refractivity (Wildman–Crippen MR) is 141 cm³/mol. The summed E-state index contributed by atoms with van der Waals surface area (Å²) in [5, 5.41) is 12.3. The first-order valence-corrected chi connectivity index (χ1v) is 12.0. The molecule has 212 valence electrons. The Kier molecular flexibility index (Phi) is 8.82. The van der Waals surface area contributed by atoms with Crippen molar-refractivity contribution in [1.29, 1.82) is 0 Å². The van der Waals surface area contributed by atoms with Gasteiger partial charge >= 0.3 is 12.2 Å². The predicted octanol–water partition coefficient (Wildman–Crippen LogP) is 4.66. The second kappa shape index (κ2) is 12.3. The number of benzene rings is 2. The van der Waals surface area contributed by atoms with E-state index >= 15 is 0 Å². The van der Waals surface area contributed by atoms with E-state index in [9.17, 15) is 22.4 Å². The zero-order chi connectivity index (χ0) is 28.9. The van der Waals surface area contributed by atoms with Gasteiger partial charge in [-0.25, -0.2) is 18.7 Å². The number of nitrogens with one attached hydrogen (secondary N) is 3. The SMILES string of the molecule is COCCNCc1c(COC)c(-c2ccc(NC(=O)Nc3cc(C(F)(F)F)ccc3F)cc2)c2c(N)ncnn12. The highest BCUT2D eigenvalue weighted by molar-refractivity contribution is 6.00. The average Bonchev–Trinajstić information content (AvgIpc) is 3.22. The monoisotopic (exact) mass is 561 g/mol. The third-order valence-electron chi connectivity index (χ3n) is 6.00. The Morgan fingerprint density at radius 1 is 1.07 bits per heavy atom. The van der Waals surface area contributed by atoms with Crippen LogP contribution in [0.5, 0.6) is 0 Å². The molecule has 4 rings (SSSR count). The minimum atomic E-state index is -4.68. The van der Waals surface area contributed by atoms with E-state index in [4.69, 9.17) is 15.2 Å². The summed E-state index contributed by atoms with van der Waals surface area (Å²) in [7, 11) is 3.19.